The Balaban J connectivity index is 1.44. The Kier molecular flexibility index (Phi) is 5.44. The van der Waals surface area contributed by atoms with Gasteiger partial charge in [0.1, 0.15) is 18.0 Å². The average molecular weight is 419 g/mol. The van der Waals surface area contributed by atoms with E-state index in [0.29, 0.717) is 22.7 Å². The summed E-state index contributed by atoms with van der Waals surface area (Å²) in [7, 11) is 1.73. The molecule has 1 aromatic heterocycles. The first-order valence-corrected chi connectivity index (χ1v) is 9.69. The number of rotatable bonds is 5. The molecule has 4 rings (SSSR count). The van der Waals surface area contributed by atoms with Crippen LogP contribution in [0.1, 0.15) is 11.3 Å². The maximum Gasteiger partial charge on any atom is 0.338 e. The fraction of sp³-hybridized carbons (Fsp3) is 0.174. The summed E-state index contributed by atoms with van der Waals surface area (Å²) in [6.07, 6.45) is 1.68. The number of hydrogen-bond acceptors (Lipinski definition) is 5. The van der Waals surface area contributed by atoms with Crippen molar-refractivity contribution in [3.63, 3.8) is 0 Å². The summed E-state index contributed by atoms with van der Waals surface area (Å²) in [5, 5.41) is 2.56. The van der Waals surface area contributed by atoms with E-state index in [1.54, 1.807) is 36.9 Å². The number of para-hydroxylation sites is 2. The number of hydrogen-bond donors (Lipinski definition) is 1. The molecule has 0 unspecified atom stereocenters. The van der Waals surface area contributed by atoms with Gasteiger partial charge in [-0.3, -0.25) is 14.3 Å². The molecule has 8 heteroatoms. The lowest BCUT2D eigenvalue weighted by Gasteiger charge is -2.16. The largest absolute Gasteiger partial charge is 0.488 e. The molecule has 2 aromatic carbocycles. The van der Waals surface area contributed by atoms with Crippen molar-refractivity contribution in [2.75, 3.05) is 18.5 Å². The molecule has 1 aliphatic heterocycles. The normalized spacial score (nSPS) is 12.4. The molecule has 0 atom stereocenters. The first-order chi connectivity index (χ1) is 15.0. The monoisotopic (exact) mass is 419 g/mol. The molecule has 0 radical (unpaired) electrons. The number of amides is 1. The van der Waals surface area contributed by atoms with Crippen molar-refractivity contribution in [3.8, 4) is 11.4 Å². The molecule has 0 bridgehead atoms. The zero-order chi connectivity index (χ0) is 22.0. The topological polar surface area (TPSA) is 91.6 Å². The third kappa shape index (κ3) is 4.00. The second-order valence-corrected chi connectivity index (χ2v) is 7.06. The number of aromatic nitrogens is 2. The lowest BCUT2D eigenvalue weighted by molar-refractivity contribution is -0.143. The van der Waals surface area contributed by atoms with Crippen LogP contribution in [-0.2, 0) is 21.4 Å². The molecular formula is C23H21N3O5. The Bertz CT molecular complexity index is 1240. The molecule has 8 nitrogen and oxygen atoms in total. The standard InChI is InChI=1S/C23H21N3O5/c1-15-21(22(28)26(25(15)2)18-9-4-3-5-10-18)24-20(27)14-31-23(29)17-12-16-8-6-7-11-19(16)30-13-17/h3-12H,13-14H2,1-2H3,(H,24,27). The van der Waals surface area contributed by atoms with E-state index in [0.717, 1.165) is 5.56 Å². The Morgan fingerprint density at radius 2 is 1.81 bits per heavy atom. The molecular weight excluding hydrogens is 398 g/mol. The van der Waals surface area contributed by atoms with Gasteiger partial charge in [0.2, 0.25) is 0 Å². The van der Waals surface area contributed by atoms with E-state index < -0.39 is 18.5 Å². The molecule has 0 saturated heterocycles. The molecule has 0 fully saturated rings. The Morgan fingerprint density at radius 3 is 2.58 bits per heavy atom. The minimum atomic E-state index is -0.642. The quantitative estimate of drug-likeness (QED) is 0.642. The first-order valence-electron chi connectivity index (χ1n) is 9.69. The number of nitrogens with one attached hydrogen (secondary N) is 1. The highest BCUT2D eigenvalue weighted by molar-refractivity contribution is 5.98. The van der Waals surface area contributed by atoms with Crippen LogP contribution in [0.4, 0.5) is 5.69 Å². The summed E-state index contributed by atoms with van der Waals surface area (Å²) in [6, 6.07) is 16.4. The van der Waals surface area contributed by atoms with Crippen molar-refractivity contribution < 1.29 is 19.1 Å². The van der Waals surface area contributed by atoms with Gasteiger partial charge < -0.3 is 14.8 Å². The molecule has 2 heterocycles. The maximum absolute atomic E-state index is 12.8. The molecule has 0 aliphatic carbocycles. The van der Waals surface area contributed by atoms with E-state index in [1.807, 2.05) is 42.5 Å². The van der Waals surface area contributed by atoms with Gasteiger partial charge in [-0.05, 0) is 31.2 Å². The molecule has 3 aromatic rings. The fourth-order valence-corrected chi connectivity index (χ4v) is 3.35. The van der Waals surface area contributed by atoms with Gasteiger partial charge in [-0.2, -0.15) is 0 Å². The van der Waals surface area contributed by atoms with Crippen LogP contribution in [0.2, 0.25) is 0 Å². The number of carbonyl (C=O) groups is 2. The lowest BCUT2D eigenvalue weighted by atomic mass is 10.1. The van der Waals surface area contributed by atoms with Gasteiger partial charge in [0.05, 0.1) is 17.0 Å². The molecule has 1 aliphatic rings. The van der Waals surface area contributed by atoms with Crippen molar-refractivity contribution in [1.82, 2.24) is 9.36 Å². The fourth-order valence-electron chi connectivity index (χ4n) is 3.35. The number of carbonyl (C=O) groups excluding carboxylic acids is 2. The predicted octanol–water partition coefficient (Wildman–Crippen LogP) is 2.44. The van der Waals surface area contributed by atoms with E-state index >= 15 is 0 Å². The van der Waals surface area contributed by atoms with Crippen LogP contribution < -0.4 is 15.6 Å². The highest BCUT2D eigenvalue weighted by atomic mass is 16.5. The Labute approximate surface area is 178 Å². The zero-order valence-electron chi connectivity index (χ0n) is 17.1. The molecule has 31 heavy (non-hydrogen) atoms. The summed E-state index contributed by atoms with van der Waals surface area (Å²) in [5.74, 6) is -0.556. The van der Waals surface area contributed by atoms with Crippen LogP contribution in [0.25, 0.3) is 11.8 Å². The molecule has 1 N–H and O–H groups in total. The van der Waals surface area contributed by atoms with Crippen LogP contribution in [0.15, 0.2) is 65.0 Å². The van der Waals surface area contributed by atoms with E-state index in [1.165, 1.54) is 4.68 Å². The second kappa shape index (κ2) is 8.35. The Morgan fingerprint density at radius 1 is 1.10 bits per heavy atom. The molecule has 1 amide bonds. The maximum atomic E-state index is 12.8. The summed E-state index contributed by atoms with van der Waals surface area (Å²) in [6.45, 7) is 1.28. The van der Waals surface area contributed by atoms with Crippen LogP contribution >= 0.6 is 0 Å². The van der Waals surface area contributed by atoms with Crippen molar-refractivity contribution in [2.45, 2.75) is 6.92 Å². The van der Waals surface area contributed by atoms with Crippen LogP contribution in [0, 0.1) is 6.92 Å². The average Bonchev–Trinajstić information content (AvgIpc) is 3.00. The van der Waals surface area contributed by atoms with Gasteiger partial charge in [0.15, 0.2) is 6.61 Å². The lowest BCUT2D eigenvalue weighted by Crippen LogP contribution is -2.27. The van der Waals surface area contributed by atoms with Gasteiger partial charge >= 0.3 is 5.97 Å². The van der Waals surface area contributed by atoms with Gasteiger partial charge in [-0.25, -0.2) is 9.48 Å². The van der Waals surface area contributed by atoms with Gasteiger partial charge in [0.25, 0.3) is 11.5 Å². The third-order valence-electron chi connectivity index (χ3n) is 5.05. The minimum absolute atomic E-state index is 0.0665. The highest BCUT2D eigenvalue weighted by Gasteiger charge is 2.21. The van der Waals surface area contributed by atoms with E-state index in [9.17, 15) is 14.4 Å². The molecule has 158 valence electrons. The van der Waals surface area contributed by atoms with Crippen LogP contribution in [0.5, 0.6) is 5.75 Å². The van der Waals surface area contributed by atoms with Gasteiger partial charge in [-0.1, -0.05) is 36.4 Å². The van der Waals surface area contributed by atoms with Crippen molar-refractivity contribution in [2.24, 2.45) is 7.05 Å². The number of fused-ring (bicyclic) bond motifs is 1. The van der Waals surface area contributed by atoms with Gasteiger partial charge in [0, 0.05) is 12.6 Å². The van der Waals surface area contributed by atoms with Gasteiger partial charge in [-0.15, -0.1) is 0 Å². The summed E-state index contributed by atoms with van der Waals surface area (Å²) in [5.41, 5.74) is 2.11. The number of nitrogens with zero attached hydrogens (tertiary/aromatic N) is 2. The van der Waals surface area contributed by atoms with E-state index in [-0.39, 0.29) is 17.9 Å². The highest BCUT2D eigenvalue weighted by Crippen LogP contribution is 2.26. The summed E-state index contributed by atoms with van der Waals surface area (Å²) >= 11 is 0. The summed E-state index contributed by atoms with van der Waals surface area (Å²) in [4.78, 5) is 37.5. The molecule has 0 saturated carbocycles. The summed E-state index contributed by atoms with van der Waals surface area (Å²) < 4.78 is 13.8. The van der Waals surface area contributed by atoms with Crippen molar-refractivity contribution >= 4 is 23.6 Å². The predicted molar refractivity (Wildman–Crippen MR) is 115 cm³/mol. The van der Waals surface area contributed by atoms with Crippen LogP contribution in [-0.4, -0.2) is 34.5 Å². The number of benzene rings is 2. The number of esters is 1. The van der Waals surface area contributed by atoms with E-state index in [4.69, 9.17) is 9.47 Å². The van der Waals surface area contributed by atoms with E-state index in [2.05, 4.69) is 5.32 Å². The number of ether oxygens (including phenoxy) is 2. The van der Waals surface area contributed by atoms with Crippen molar-refractivity contribution in [3.05, 3.63) is 81.8 Å². The third-order valence-corrected chi connectivity index (χ3v) is 5.05. The SMILES string of the molecule is Cc1c(NC(=O)COC(=O)C2=Cc3ccccc3OC2)c(=O)n(-c2ccccc2)n1C. The number of anilines is 1. The van der Waals surface area contributed by atoms with Crippen LogP contribution in [0.3, 0.4) is 0 Å². The zero-order valence-corrected chi connectivity index (χ0v) is 17.1. The smallest absolute Gasteiger partial charge is 0.338 e. The molecule has 0 spiro atoms. The first kappa shape index (κ1) is 20.2. The second-order valence-electron chi connectivity index (χ2n) is 7.06. The van der Waals surface area contributed by atoms with Crippen molar-refractivity contribution in [1.29, 1.82) is 0 Å². The minimum Gasteiger partial charge on any atom is -0.488 e. The Hall–Kier alpha value is -4.07.